The lowest BCUT2D eigenvalue weighted by atomic mass is 10.2. The molecule has 4 heterocycles. The number of ether oxygens (including phenoxy) is 3. The highest BCUT2D eigenvalue weighted by Gasteiger charge is 2.19. The van der Waals surface area contributed by atoms with Crippen LogP contribution in [0.3, 0.4) is 0 Å². The Labute approximate surface area is 242 Å². The minimum absolute atomic E-state index is 0.0923. The Morgan fingerprint density at radius 3 is 2.63 bits per heavy atom. The quantitative estimate of drug-likeness (QED) is 0.265. The van der Waals surface area contributed by atoms with Crippen molar-refractivity contribution in [1.82, 2.24) is 29.9 Å². The minimum atomic E-state index is -0.774. The molecule has 1 fully saturated rings. The first-order valence-corrected chi connectivity index (χ1v) is 13.4. The maximum absolute atomic E-state index is 15.2. The summed E-state index contributed by atoms with van der Waals surface area (Å²) in [5.41, 5.74) is -0.180. The van der Waals surface area contributed by atoms with E-state index < -0.39 is 23.1 Å². The summed E-state index contributed by atoms with van der Waals surface area (Å²) in [7, 11) is 0. The highest BCUT2D eigenvalue weighted by atomic mass is 19.1. The highest BCUT2D eigenvalue weighted by molar-refractivity contribution is 6.04. The van der Waals surface area contributed by atoms with Gasteiger partial charge in [-0.1, -0.05) is 0 Å². The molecule has 1 aliphatic rings. The van der Waals surface area contributed by atoms with Gasteiger partial charge in [-0.25, -0.2) is 13.8 Å². The van der Waals surface area contributed by atoms with Crippen LogP contribution < -0.4 is 20.3 Å². The first kappa shape index (κ1) is 27.9. The Balaban J connectivity index is 1.16. The number of amides is 1. The summed E-state index contributed by atoms with van der Waals surface area (Å²) < 4.78 is 46.5. The monoisotopic (exact) mass is 589 g/mol. The molecule has 0 unspecified atom stereocenters. The average molecular weight is 590 g/mol. The number of nitrogens with one attached hydrogen (secondary N) is 2. The normalized spacial score (nSPS) is 13.6. The van der Waals surface area contributed by atoms with E-state index in [9.17, 15) is 14.0 Å². The van der Waals surface area contributed by atoms with E-state index in [1.165, 1.54) is 54.9 Å². The molecule has 5 aromatic rings. The highest BCUT2D eigenvalue weighted by Crippen LogP contribution is 2.35. The maximum atomic E-state index is 15.2. The second-order valence-corrected chi connectivity index (χ2v) is 9.50. The lowest BCUT2D eigenvalue weighted by Gasteiger charge is -2.26. The number of pyridine rings is 1. The summed E-state index contributed by atoms with van der Waals surface area (Å²) in [5, 5.41) is 13.9. The van der Waals surface area contributed by atoms with Gasteiger partial charge in [0.2, 0.25) is 5.88 Å². The van der Waals surface area contributed by atoms with Crippen molar-refractivity contribution in [3.8, 4) is 23.1 Å². The van der Waals surface area contributed by atoms with E-state index in [4.69, 9.17) is 14.2 Å². The predicted molar refractivity (Wildman–Crippen MR) is 151 cm³/mol. The number of hydrogen-bond acceptors (Lipinski definition) is 9. The fourth-order valence-electron chi connectivity index (χ4n) is 4.51. The molecule has 1 saturated heterocycles. The zero-order valence-corrected chi connectivity index (χ0v) is 22.6. The van der Waals surface area contributed by atoms with Gasteiger partial charge >= 0.3 is 0 Å². The van der Waals surface area contributed by atoms with Crippen molar-refractivity contribution in [1.29, 1.82) is 0 Å². The van der Waals surface area contributed by atoms with Crippen LogP contribution in [0.1, 0.15) is 10.4 Å². The third-order valence-corrected chi connectivity index (χ3v) is 6.71. The fourth-order valence-corrected chi connectivity index (χ4v) is 4.51. The lowest BCUT2D eigenvalue weighted by Crippen LogP contribution is -2.38. The standard InChI is InChI=1S/C29H25F2N7O5/c30-18-1-4-20(5-2-18)38-29(40)21(7-10-33-38)27(39)34-19-3-6-23(22(31)17-19)43-24-8-9-32-26-25(24)28(36-35-26)42-16-13-37-11-14-41-15-12-37/h1-10,17H,11-16H2,(H,34,39)(H,32,35,36). The van der Waals surface area contributed by atoms with E-state index in [0.717, 1.165) is 23.8 Å². The van der Waals surface area contributed by atoms with Crippen LogP contribution in [0, 0.1) is 11.6 Å². The largest absolute Gasteiger partial charge is 0.475 e. The van der Waals surface area contributed by atoms with E-state index in [-0.39, 0.29) is 34.3 Å². The SMILES string of the molecule is O=C(Nc1ccc(Oc2ccnc3[nH]nc(OCCN4CCOCC4)c23)c(F)c1)c1ccnn(-c2ccc(F)cc2)c1=O. The van der Waals surface area contributed by atoms with Gasteiger partial charge in [0.15, 0.2) is 17.2 Å². The van der Waals surface area contributed by atoms with Gasteiger partial charge in [0, 0.05) is 49.8 Å². The number of H-pyrrole nitrogens is 1. The van der Waals surface area contributed by atoms with Crippen molar-refractivity contribution in [3.63, 3.8) is 0 Å². The number of rotatable bonds is 9. The van der Waals surface area contributed by atoms with E-state index in [0.29, 0.717) is 37.4 Å². The molecule has 14 heteroatoms. The molecular weight excluding hydrogens is 564 g/mol. The lowest BCUT2D eigenvalue weighted by molar-refractivity contribution is 0.0321. The third-order valence-electron chi connectivity index (χ3n) is 6.71. The first-order chi connectivity index (χ1) is 21.0. The number of fused-ring (bicyclic) bond motifs is 1. The summed E-state index contributed by atoms with van der Waals surface area (Å²) >= 11 is 0. The molecule has 12 nitrogen and oxygen atoms in total. The first-order valence-electron chi connectivity index (χ1n) is 13.4. The van der Waals surface area contributed by atoms with Crippen LogP contribution in [0.5, 0.6) is 17.4 Å². The number of morpholine rings is 1. The van der Waals surface area contributed by atoms with Crippen molar-refractivity contribution in [3.05, 3.63) is 94.5 Å². The number of benzene rings is 2. The minimum Gasteiger partial charge on any atom is -0.475 e. The smallest absolute Gasteiger partial charge is 0.284 e. The van der Waals surface area contributed by atoms with Gasteiger partial charge in [-0.3, -0.25) is 19.6 Å². The molecule has 220 valence electrons. The molecule has 0 spiro atoms. The van der Waals surface area contributed by atoms with E-state index >= 15 is 4.39 Å². The molecule has 2 N–H and O–H groups in total. The number of hydrogen-bond donors (Lipinski definition) is 2. The summed E-state index contributed by atoms with van der Waals surface area (Å²) in [4.78, 5) is 32.2. The number of halogens is 2. The van der Waals surface area contributed by atoms with Crippen LogP contribution in [0.2, 0.25) is 0 Å². The van der Waals surface area contributed by atoms with Crippen LogP contribution in [0.4, 0.5) is 14.5 Å². The number of nitrogens with zero attached hydrogens (tertiary/aromatic N) is 5. The molecule has 2 aromatic carbocycles. The molecule has 0 saturated carbocycles. The fraction of sp³-hybridized carbons (Fsp3) is 0.207. The molecule has 1 amide bonds. The molecule has 0 radical (unpaired) electrons. The van der Waals surface area contributed by atoms with Crippen molar-refractivity contribution < 1.29 is 27.8 Å². The second-order valence-electron chi connectivity index (χ2n) is 9.50. The van der Waals surface area contributed by atoms with Gasteiger partial charge in [-0.05, 0) is 42.5 Å². The molecule has 1 aliphatic heterocycles. The van der Waals surface area contributed by atoms with Crippen molar-refractivity contribution >= 4 is 22.6 Å². The molecule has 0 aliphatic carbocycles. The van der Waals surface area contributed by atoms with Gasteiger partial charge < -0.3 is 19.5 Å². The zero-order chi connectivity index (χ0) is 29.8. The molecule has 0 atom stereocenters. The molecule has 3 aromatic heterocycles. The zero-order valence-electron chi connectivity index (χ0n) is 22.6. The van der Waals surface area contributed by atoms with Gasteiger partial charge in [0.1, 0.15) is 29.1 Å². The Morgan fingerprint density at radius 1 is 1.02 bits per heavy atom. The van der Waals surface area contributed by atoms with Crippen LogP contribution in [-0.4, -0.2) is 75.2 Å². The summed E-state index contributed by atoms with van der Waals surface area (Å²) in [5.74, 6) is -1.59. The summed E-state index contributed by atoms with van der Waals surface area (Å²) in [6.07, 6.45) is 2.76. The van der Waals surface area contributed by atoms with Crippen LogP contribution >= 0.6 is 0 Å². The second kappa shape index (κ2) is 12.3. The van der Waals surface area contributed by atoms with E-state index in [1.807, 2.05) is 0 Å². The molecule has 0 bridgehead atoms. The molecular formula is C29H25F2N7O5. The van der Waals surface area contributed by atoms with Crippen LogP contribution in [0.25, 0.3) is 16.7 Å². The number of carbonyl (C=O) groups is 1. The Bertz CT molecular complexity index is 1820. The van der Waals surface area contributed by atoms with Crippen molar-refractivity contribution in [2.75, 3.05) is 44.8 Å². The Kier molecular flexibility index (Phi) is 8.02. The van der Waals surface area contributed by atoms with Gasteiger partial charge in [-0.2, -0.15) is 9.78 Å². The average Bonchev–Trinajstić information content (AvgIpc) is 3.43. The number of anilines is 1. The number of aromatic amines is 1. The summed E-state index contributed by atoms with van der Waals surface area (Å²) in [6.45, 7) is 4.09. The topological polar surface area (TPSA) is 136 Å². The van der Waals surface area contributed by atoms with Crippen molar-refractivity contribution in [2.45, 2.75) is 0 Å². The molecule has 6 rings (SSSR count). The maximum Gasteiger partial charge on any atom is 0.284 e. The van der Waals surface area contributed by atoms with Crippen molar-refractivity contribution in [2.24, 2.45) is 0 Å². The number of carbonyl (C=O) groups excluding carboxylic acids is 1. The molecule has 43 heavy (non-hydrogen) atoms. The predicted octanol–water partition coefficient (Wildman–Crippen LogP) is 3.54. The summed E-state index contributed by atoms with van der Waals surface area (Å²) in [6, 6.07) is 11.7. The van der Waals surface area contributed by atoms with Gasteiger partial charge in [0.05, 0.1) is 18.9 Å². The Morgan fingerprint density at radius 2 is 1.84 bits per heavy atom. The Hall–Kier alpha value is -5.21. The van der Waals surface area contributed by atoms with Gasteiger partial charge in [-0.15, -0.1) is 5.10 Å². The van der Waals surface area contributed by atoms with E-state index in [1.54, 1.807) is 6.07 Å². The third kappa shape index (κ3) is 6.19. The van der Waals surface area contributed by atoms with Crippen LogP contribution in [0.15, 0.2) is 71.8 Å². The van der Waals surface area contributed by atoms with Crippen LogP contribution in [-0.2, 0) is 4.74 Å². The number of aromatic nitrogens is 5. The van der Waals surface area contributed by atoms with E-state index in [2.05, 4.69) is 30.5 Å². The van der Waals surface area contributed by atoms with Gasteiger partial charge in [0.25, 0.3) is 11.5 Å².